The number of rotatable bonds is 4. The quantitative estimate of drug-likeness (QED) is 0.612. The van der Waals surface area contributed by atoms with Gasteiger partial charge in [0, 0.05) is 11.4 Å². The number of hydrogen-bond acceptors (Lipinski definition) is 2. The van der Waals surface area contributed by atoms with E-state index in [9.17, 15) is 9.59 Å². The van der Waals surface area contributed by atoms with E-state index >= 15 is 0 Å². The zero-order chi connectivity index (χ0) is 17.8. The van der Waals surface area contributed by atoms with Crippen molar-refractivity contribution >= 4 is 46.4 Å². The number of amides is 2. The van der Waals surface area contributed by atoms with Crippen molar-refractivity contribution in [1.29, 1.82) is 0 Å². The van der Waals surface area contributed by atoms with Crippen LogP contribution in [0.1, 0.15) is 21.0 Å². The number of anilines is 2. The van der Waals surface area contributed by atoms with Crippen molar-refractivity contribution in [3.8, 4) is 0 Å². The largest absolute Gasteiger partial charge is 0.344 e. The number of aromatic nitrogens is 1. The average Bonchev–Trinajstić information content (AvgIpc) is 2.92. The van der Waals surface area contributed by atoms with Crippen LogP contribution in [0.25, 0.3) is 0 Å². The van der Waals surface area contributed by atoms with E-state index in [1.807, 2.05) is 12.1 Å². The Morgan fingerprint density at radius 2 is 1.04 bits per heavy atom. The molecule has 0 saturated heterocycles. The minimum absolute atomic E-state index is 0.00619. The molecule has 0 atom stereocenters. The Bertz CT molecular complexity index is 835. The number of benzene rings is 2. The molecule has 2 aromatic carbocycles. The highest BCUT2D eigenvalue weighted by molar-refractivity contribution is 6.46. The van der Waals surface area contributed by atoms with Gasteiger partial charge in [0.1, 0.15) is 11.4 Å². The van der Waals surface area contributed by atoms with E-state index in [2.05, 4.69) is 15.6 Å². The van der Waals surface area contributed by atoms with Crippen LogP contribution >= 0.6 is 23.2 Å². The highest BCUT2D eigenvalue weighted by atomic mass is 35.5. The van der Waals surface area contributed by atoms with Crippen molar-refractivity contribution in [3.63, 3.8) is 0 Å². The van der Waals surface area contributed by atoms with Gasteiger partial charge in [0.05, 0.1) is 10.0 Å². The zero-order valence-corrected chi connectivity index (χ0v) is 14.4. The maximum absolute atomic E-state index is 12.4. The highest BCUT2D eigenvalue weighted by Gasteiger charge is 2.24. The number of para-hydroxylation sites is 2. The van der Waals surface area contributed by atoms with Crippen LogP contribution in [0, 0.1) is 0 Å². The second-order valence-corrected chi connectivity index (χ2v) is 5.90. The predicted octanol–water partition coefficient (Wildman–Crippen LogP) is 4.83. The average molecular weight is 374 g/mol. The van der Waals surface area contributed by atoms with E-state index < -0.39 is 11.8 Å². The maximum atomic E-state index is 12.4. The van der Waals surface area contributed by atoms with E-state index in [-0.39, 0.29) is 21.4 Å². The predicted molar refractivity (Wildman–Crippen MR) is 99.6 cm³/mol. The van der Waals surface area contributed by atoms with Crippen LogP contribution in [0.2, 0.25) is 10.0 Å². The third-order valence-corrected chi connectivity index (χ3v) is 4.25. The summed E-state index contributed by atoms with van der Waals surface area (Å²) >= 11 is 12.2. The molecule has 0 saturated carbocycles. The smallest absolute Gasteiger partial charge is 0.273 e. The van der Waals surface area contributed by atoms with Gasteiger partial charge in [0.15, 0.2) is 0 Å². The summed E-state index contributed by atoms with van der Waals surface area (Å²) < 4.78 is 0. The second-order valence-electron chi connectivity index (χ2n) is 5.14. The molecule has 1 heterocycles. The fourth-order valence-electron chi connectivity index (χ4n) is 2.20. The molecule has 0 bridgehead atoms. The molecule has 0 fully saturated rings. The fraction of sp³-hybridized carbons (Fsp3) is 0. The number of nitrogens with one attached hydrogen (secondary N) is 3. The molecular weight excluding hydrogens is 361 g/mol. The highest BCUT2D eigenvalue weighted by Crippen LogP contribution is 2.30. The molecule has 126 valence electrons. The van der Waals surface area contributed by atoms with Crippen molar-refractivity contribution in [1.82, 2.24) is 4.98 Å². The second kappa shape index (κ2) is 7.42. The molecule has 2 amide bonds. The van der Waals surface area contributed by atoms with Crippen LogP contribution < -0.4 is 10.6 Å². The van der Waals surface area contributed by atoms with Crippen molar-refractivity contribution in [3.05, 3.63) is 82.1 Å². The summed E-state index contributed by atoms with van der Waals surface area (Å²) in [6, 6.07) is 17.8. The first-order valence-corrected chi connectivity index (χ1v) is 8.11. The zero-order valence-electron chi connectivity index (χ0n) is 12.8. The first-order chi connectivity index (χ1) is 12.1. The monoisotopic (exact) mass is 373 g/mol. The van der Waals surface area contributed by atoms with Crippen LogP contribution in [0.3, 0.4) is 0 Å². The molecular formula is C18H13Cl2N3O2. The fourth-order valence-corrected chi connectivity index (χ4v) is 2.65. The van der Waals surface area contributed by atoms with Gasteiger partial charge < -0.3 is 15.6 Å². The third-order valence-electron chi connectivity index (χ3n) is 3.40. The van der Waals surface area contributed by atoms with Crippen LogP contribution in [-0.2, 0) is 0 Å². The van der Waals surface area contributed by atoms with Gasteiger partial charge in [-0.3, -0.25) is 9.59 Å². The van der Waals surface area contributed by atoms with E-state index in [1.165, 1.54) is 0 Å². The van der Waals surface area contributed by atoms with Crippen molar-refractivity contribution in [2.45, 2.75) is 0 Å². The molecule has 0 aliphatic rings. The van der Waals surface area contributed by atoms with E-state index in [4.69, 9.17) is 23.2 Å². The number of carbonyl (C=O) groups is 2. The molecule has 0 unspecified atom stereocenters. The molecule has 1 aromatic heterocycles. The molecule has 0 aliphatic carbocycles. The SMILES string of the molecule is O=C(Nc1ccccc1)c1[nH]c(C(=O)Nc2ccccc2)c(Cl)c1Cl. The van der Waals surface area contributed by atoms with Crippen LogP contribution in [0.15, 0.2) is 60.7 Å². The number of hydrogen-bond donors (Lipinski definition) is 3. The number of carbonyl (C=O) groups excluding carboxylic acids is 2. The van der Waals surface area contributed by atoms with Crippen molar-refractivity contribution < 1.29 is 9.59 Å². The van der Waals surface area contributed by atoms with Gasteiger partial charge in [-0.1, -0.05) is 59.6 Å². The Kier molecular flexibility index (Phi) is 5.07. The number of halogens is 2. The van der Waals surface area contributed by atoms with Gasteiger partial charge in [-0.25, -0.2) is 0 Å². The summed E-state index contributed by atoms with van der Waals surface area (Å²) in [5.74, 6) is -0.978. The Morgan fingerprint density at radius 1 is 0.680 bits per heavy atom. The summed E-state index contributed by atoms with van der Waals surface area (Å²) in [7, 11) is 0. The third kappa shape index (κ3) is 3.84. The molecule has 3 aromatic rings. The lowest BCUT2D eigenvalue weighted by molar-refractivity contribution is 0.102. The normalized spacial score (nSPS) is 10.3. The number of H-pyrrole nitrogens is 1. The van der Waals surface area contributed by atoms with Crippen molar-refractivity contribution in [2.24, 2.45) is 0 Å². The van der Waals surface area contributed by atoms with E-state index in [0.29, 0.717) is 11.4 Å². The molecule has 0 aliphatic heterocycles. The summed E-state index contributed by atoms with van der Waals surface area (Å²) in [5, 5.41) is 5.35. The molecule has 7 heteroatoms. The Morgan fingerprint density at radius 3 is 1.40 bits per heavy atom. The molecule has 0 spiro atoms. The summed E-state index contributed by atoms with van der Waals surface area (Å²) in [6.07, 6.45) is 0. The first kappa shape index (κ1) is 17.1. The lowest BCUT2D eigenvalue weighted by atomic mass is 10.3. The molecule has 3 rings (SSSR count). The molecule has 25 heavy (non-hydrogen) atoms. The van der Waals surface area contributed by atoms with Crippen LogP contribution in [0.4, 0.5) is 11.4 Å². The van der Waals surface area contributed by atoms with Gasteiger partial charge in [0.25, 0.3) is 11.8 Å². The Hall–Kier alpha value is -2.76. The summed E-state index contributed by atoms with van der Waals surface area (Å²) in [4.78, 5) is 27.4. The topological polar surface area (TPSA) is 74.0 Å². The van der Waals surface area contributed by atoms with E-state index in [0.717, 1.165) is 0 Å². The lowest BCUT2D eigenvalue weighted by Gasteiger charge is -2.04. The van der Waals surface area contributed by atoms with Gasteiger partial charge in [-0.05, 0) is 24.3 Å². The van der Waals surface area contributed by atoms with Gasteiger partial charge >= 0.3 is 0 Å². The minimum Gasteiger partial charge on any atom is -0.344 e. The van der Waals surface area contributed by atoms with Gasteiger partial charge in [-0.2, -0.15) is 0 Å². The molecule has 3 N–H and O–H groups in total. The van der Waals surface area contributed by atoms with E-state index in [1.54, 1.807) is 48.5 Å². The Balaban J connectivity index is 1.82. The summed E-state index contributed by atoms with van der Waals surface area (Å²) in [5.41, 5.74) is 1.25. The summed E-state index contributed by atoms with van der Waals surface area (Å²) in [6.45, 7) is 0. The van der Waals surface area contributed by atoms with Gasteiger partial charge in [0.2, 0.25) is 0 Å². The minimum atomic E-state index is -0.489. The van der Waals surface area contributed by atoms with Crippen molar-refractivity contribution in [2.75, 3.05) is 10.6 Å². The number of aromatic amines is 1. The lowest BCUT2D eigenvalue weighted by Crippen LogP contribution is -2.15. The van der Waals surface area contributed by atoms with Crippen LogP contribution in [0.5, 0.6) is 0 Å². The molecule has 0 radical (unpaired) electrons. The molecule has 5 nitrogen and oxygen atoms in total. The standard InChI is InChI=1S/C18H13Cl2N3O2/c19-13-14(20)16(18(25)22-12-9-5-2-6-10-12)23-15(13)17(24)21-11-7-3-1-4-8-11/h1-10,23H,(H,21,24)(H,22,25). The van der Waals surface area contributed by atoms with Crippen LogP contribution in [-0.4, -0.2) is 16.8 Å². The maximum Gasteiger partial charge on any atom is 0.273 e. The Labute approximate surface area is 154 Å². The first-order valence-electron chi connectivity index (χ1n) is 7.36. The van der Waals surface area contributed by atoms with Gasteiger partial charge in [-0.15, -0.1) is 0 Å².